The fourth-order valence-electron chi connectivity index (χ4n) is 4.09. The van der Waals surface area contributed by atoms with Crippen molar-refractivity contribution in [1.82, 2.24) is 0 Å². The van der Waals surface area contributed by atoms with E-state index in [1.807, 2.05) is 18.2 Å². The topological polar surface area (TPSA) is 73.9 Å². The lowest BCUT2D eigenvalue weighted by atomic mass is 10.1. The van der Waals surface area contributed by atoms with Gasteiger partial charge in [0.2, 0.25) is 0 Å². The fraction of sp³-hybridized carbons (Fsp3) is 0.333. The van der Waals surface area contributed by atoms with E-state index in [2.05, 4.69) is 51.6 Å². The van der Waals surface area contributed by atoms with Crippen molar-refractivity contribution in [2.24, 2.45) is 0 Å². The molecule has 0 unspecified atom stereocenters. The summed E-state index contributed by atoms with van der Waals surface area (Å²) in [4.78, 5) is 25.7. The monoisotopic (exact) mass is 557 g/mol. The van der Waals surface area contributed by atoms with E-state index in [9.17, 15) is 9.59 Å². The van der Waals surface area contributed by atoms with Gasteiger partial charge in [0.05, 0.1) is 16.5 Å². The Balaban J connectivity index is 1.55. The summed E-state index contributed by atoms with van der Waals surface area (Å²) in [7, 11) is 1.32. The summed E-state index contributed by atoms with van der Waals surface area (Å²) in [6.07, 6.45) is 1.97. The Morgan fingerprint density at radius 2 is 1.77 bits per heavy atom. The van der Waals surface area contributed by atoms with Gasteiger partial charge in [-0.1, -0.05) is 36.4 Å². The third-order valence-electron chi connectivity index (χ3n) is 5.48. The number of carbonyl (C=O) groups is 2. The number of thiophene rings is 1. The largest absolute Gasteiger partial charge is 0.479 e. The first-order valence-corrected chi connectivity index (χ1v) is 12.9. The first kappa shape index (κ1) is 25.3. The van der Waals surface area contributed by atoms with Gasteiger partial charge in [-0.15, -0.1) is 11.3 Å². The number of carbonyl (C=O) groups excluding carboxylic acids is 2. The Hall–Kier alpha value is -2.84. The SMILES string of the molecule is COC(=O)c1sc(-c2cccc(NC3Cc4ccccc4C3)c2)c(Br)c1OCC(=O)OC(C)(C)C. The van der Waals surface area contributed by atoms with E-state index >= 15 is 0 Å². The molecule has 1 aliphatic carbocycles. The smallest absolute Gasteiger partial charge is 0.351 e. The molecule has 184 valence electrons. The minimum Gasteiger partial charge on any atom is -0.479 e. The Morgan fingerprint density at radius 1 is 1.09 bits per heavy atom. The van der Waals surface area contributed by atoms with Crippen molar-refractivity contribution < 1.29 is 23.8 Å². The van der Waals surface area contributed by atoms with Gasteiger partial charge >= 0.3 is 11.9 Å². The van der Waals surface area contributed by atoms with Crippen molar-refractivity contribution in [3.05, 3.63) is 69.0 Å². The lowest BCUT2D eigenvalue weighted by molar-refractivity contribution is -0.157. The molecule has 0 fully saturated rings. The zero-order valence-electron chi connectivity index (χ0n) is 20.1. The number of nitrogens with one attached hydrogen (secondary N) is 1. The third-order valence-corrected chi connectivity index (χ3v) is 7.70. The number of hydrogen-bond donors (Lipinski definition) is 1. The van der Waals surface area contributed by atoms with Crippen molar-refractivity contribution in [3.8, 4) is 16.2 Å². The number of ether oxygens (including phenoxy) is 3. The molecular formula is C27H28BrNO5S. The predicted molar refractivity (Wildman–Crippen MR) is 141 cm³/mol. The lowest BCUT2D eigenvalue weighted by Crippen LogP contribution is -2.27. The number of methoxy groups -OCH3 is 1. The molecule has 0 atom stereocenters. The molecule has 0 saturated carbocycles. The maximum absolute atomic E-state index is 12.5. The predicted octanol–water partition coefficient (Wildman–Crippen LogP) is 6.26. The van der Waals surface area contributed by atoms with Gasteiger partial charge in [0.1, 0.15) is 5.60 Å². The third kappa shape index (κ3) is 6.05. The highest BCUT2D eigenvalue weighted by Gasteiger charge is 2.27. The Labute approximate surface area is 217 Å². The van der Waals surface area contributed by atoms with E-state index in [0.717, 1.165) is 29.0 Å². The minimum absolute atomic E-state index is 0.271. The first-order valence-electron chi connectivity index (χ1n) is 11.3. The molecular weight excluding hydrogens is 530 g/mol. The molecule has 1 N–H and O–H groups in total. The molecule has 0 bridgehead atoms. The number of esters is 2. The van der Waals surface area contributed by atoms with Crippen LogP contribution in [0.2, 0.25) is 0 Å². The van der Waals surface area contributed by atoms with Crippen LogP contribution < -0.4 is 10.1 Å². The summed E-state index contributed by atoms with van der Waals surface area (Å²) < 4.78 is 16.6. The maximum Gasteiger partial charge on any atom is 0.351 e. The van der Waals surface area contributed by atoms with Crippen LogP contribution in [0.1, 0.15) is 41.6 Å². The number of fused-ring (bicyclic) bond motifs is 1. The molecule has 0 radical (unpaired) electrons. The molecule has 1 aromatic heterocycles. The quantitative estimate of drug-likeness (QED) is 0.345. The standard InChI is InChI=1S/C27H28BrNO5S/c1-27(2,3)34-21(30)15-33-23-22(28)24(35-25(23)26(31)32-4)18-10-7-11-19(14-18)29-20-12-16-8-5-6-9-17(16)13-20/h5-11,14,20,29H,12-13,15H2,1-4H3. The van der Waals surface area contributed by atoms with Gasteiger partial charge in [0.15, 0.2) is 17.2 Å². The fourth-order valence-corrected chi connectivity index (χ4v) is 6.05. The van der Waals surface area contributed by atoms with Crippen LogP contribution in [-0.2, 0) is 27.1 Å². The van der Waals surface area contributed by atoms with Crippen LogP contribution in [0.25, 0.3) is 10.4 Å². The summed E-state index contributed by atoms with van der Waals surface area (Å²) in [5.74, 6) is -0.775. The van der Waals surface area contributed by atoms with Gasteiger partial charge in [0.25, 0.3) is 0 Å². The van der Waals surface area contributed by atoms with Gasteiger partial charge in [-0.2, -0.15) is 0 Å². The molecule has 6 nitrogen and oxygen atoms in total. The Morgan fingerprint density at radius 3 is 2.40 bits per heavy atom. The molecule has 8 heteroatoms. The summed E-state index contributed by atoms with van der Waals surface area (Å²) >= 11 is 4.84. The summed E-state index contributed by atoms with van der Waals surface area (Å²) in [5.41, 5.74) is 4.06. The molecule has 0 saturated heterocycles. The van der Waals surface area contributed by atoms with Crippen LogP contribution in [0.5, 0.6) is 5.75 Å². The van der Waals surface area contributed by atoms with Crippen LogP contribution in [0.3, 0.4) is 0 Å². The van der Waals surface area contributed by atoms with Crippen LogP contribution in [0.15, 0.2) is 53.0 Å². The number of rotatable bonds is 7. The minimum atomic E-state index is -0.628. The summed E-state index contributed by atoms with van der Waals surface area (Å²) in [6.45, 7) is 5.04. The van der Waals surface area contributed by atoms with Gasteiger partial charge < -0.3 is 19.5 Å². The van der Waals surface area contributed by atoms with Gasteiger partial charge in [-0.3, -0.25) is 0 Å². The van der Waals surface area contributed by atoms with Crippen LogP contribution >= 0.6 is 27.3 Å². The first-order chi connectivity index (χ1) is 16.6. The second kappa shape index (κ2) is 10.4. The molecule has 0 aliphatic heterocycles. The normalized spacial score (nSPS) is 13.3. The number of anilines is 1. The highest BCUT2D eigenvalue weighted by atomic mass is 79.9. The zero-order chi connectivity index (χ0) is 25.2. The number of benzene rings is 2. The molecule has 0 amide bonds. The Bertz CT molecular complexity index is 1220. The van der Waals surface area contributed by atoms with Crippen molar-refractivity contribution in [2.75, 3.05) is 19.0 Å². The highest BCUT2D eigenvalue weighted by Crippen LogP contribution is 2.46. The maximum atomic E-state index is 12.5. The van der Waals surface area contributed by atoms with E-state index in [1.165, 1.54) is 29.6 Å². The van der Waals surface area contributed by atoms with Gasteiger partial charge in [-0.25, -0.2) is 9.59 Å². The zero-order valence-corrected chi connectivity index (χ0v) is 22.5. The van der Waals surface area contributed by atoms with Gasteiger partial charge in [0, 0.05) is 11.7 Å². The van der Waals surface area contributed by atoms with E-state index in [1.54, 1.807) is 20.8 Å². The molecule has 0 spiro atoms. The second-order valence-electron chi connectivity index (χ2n) is 9.37. The van der Waals surface area contributed by atoms with Gasteiger partial charge in [-0.05, 0) is 78.4 Å². The second-order valence-corrected chi connectivity index (χ2v) is 11.2. The van der Waals surface area contributed by atoms with Crippen LogP contribution in [-0.4, -0.2) is 37.3 Å². The molecule has 1 aliphatic rings. The van der Waals surface area contributed by atoms with Crippen LogP contribution in [0, 0.1) is 0 Å². The average molecular weight is 558 g/mol. The summed E-state index contributed by atoms with van der Waals surface area (Å²) in [6, 6.07) is 16.9. The van der Waals surface area contributed by atoms with Crippen molar-refractivity contribution in [1.29, 1.82) is 0 Å². The highest BCUT2D eigenvalue weighted by molar-refractivity contribution is 9.10. The molecule has 2 aromatic carbocycles. The molecule has 35 heavy (non-hydrogen) atoms. The number of halogens is 1. The Kier molecular flexibility index (Phi) is 7.52. The van der Waals surface area contributed by atoms with E-state index in [-0.39, 0.29) is 17.2 Å². The van der Waals surface area contributed by atoms with E-state index < -0.39 is 17.5 Å². The van der Waals surface area contributed by atoms with E-state index in [0.29, 0.717) is 10.5 Å². The van der Waals surface area contributed by atoms with Crippen LogP contribution in [0.4, 0.5) is 5.69 Å². The van der Waals surface area contributed by atoms with E-state index in [4.69, 9.17) is 14.2 Å². The van der Waals surface area contributed by atoms with Crippen molar-refractivity contribution in [2.45, 2.75) is 45.3 Å². The average Bonchev–Trinajstić information content (AvgIpc) is 3.36. The molecule has 1 heterocycles. The van der Waals surface area contributed by atoms with Crippen molar-refractivity contribution >= 4 is 44.9 Å². The molecule has 4 rings (SSSR count). The lowest BCUT2D eigenvalue weighted by Gasteiger charge is -2.19. The summed E-state index contributed by atoms with van der Waals surface area (Å²) in [5, 5.41) is 3.64. The van der Waals surface area contributed by atoms with Crippen molar-refractivity contribution in [3.63, 3.8) is 0 Å². The molecule has 3 aromatic rings. The number of hydrogen-bond acceptors (Lipinski definition) is 7.